The molecular weight excluding hydrogens is 258 g/mol. The molecule has 1 nitrogen and oxygen atoms in total. The van der Waals surface area contributed by atoms with Crippen molar-refractivity contribution in [1.29, 1.82) is 0 Å². The number of aromatic nitrogens is 1. The highest BCUT2D eigenvalue weighted by atomic mass is 79.9. The van der Waals surface area contributed by atoms with E-state index in [9.17, 15) is 0 Å². The van der Waals surface area contributed by atoms with E-state index in [0.29, 0.717) is 0 Å². The summed E-state index contributed by atoms with van der Waals surface area (Å²) in [5.41, 5.74) is 3.56. The third-order valence-corrected chi connectivity index (χ3v) is 3.48. The van der Waals surface area contributed by atoms with Crippen LogP contribution in [0.25, 0.3) is 11.3 Å². The fourth-order valence-electron chi connectivity index (χ4n) is 1.42. The topological polar surface area (TPSA) is 12.9 Å². The highest BCUT2D eigenvalue weighted by molar-refractivity contribution is 9.11. The minimum Gasteiger partial charge on any atom is -0.229 e. The molecule has 0 atom stereocenters. The standard InChI is InChI=1S/C11H10BrNS/c1-7-4-3-5-9(6-7)10-8(2)14-11(12)13-10/h3-6H,1-2H3. The lowest BCUT2D eigenvalue weighted by Crippen LogP contribution is -1.81. The first kappa shape index (κ1) is 9.87. The smallest absolute Gasteiger partial charge is 0.160 e. The Morgan fingerprint density at radius 2 is 2.07 bits per heavy atom. The van der Waals surface area contributed by atoms with E-state index >= 15 is 0 Å². The zero-order valence-corrected chi connectivity index (χ0v) is 10.4. The van der Waals surface area contributed by atoms with Crippen molar-refractivity contribution in [2.24, 2.45) is 0 Å². The highest BCUT2D eigenvalue weighted by Gasteiger charge is 2.07. The van der Waals surface area contributed by atoms with E-state index in [4.69, 9.17) is 0 Å². The van der Waals surface area contributed by atoms with Crippen LogP contribution in [0.1, 0.15) is 10.4 Å². The average Bonchev–Trinajstić information content (AvgIpc) is 2.45. The minimum absolute atomic E-state index is 0.950. The van der Waals surface area contributed by atoms with Gasteiger partial charge >= 0.3 is 0 Å². The quantitative estimate of drug-likeness (QED) is 0.755. The number of halogens is 1. The van der Waals surface area contributed by atoms with Crippen LogP contribution in [-0.2, 0) is 0 Å². The van der Waals surface area contributed by atoms with Crippen molar-refractivity contribution < 1.29 is 0 Å². The Morgan fingerprint density at radius 3 is 2.64 bits per heavy atom. The summed E-state index contributed by atoms with van der Waals surface area (Å²) in [5.74, 6) is 0. The number of benzene rings is 1. The van der Waals surface area contributed by atoms with Crippen LogP contribution in [0.2, 0.25) is 0 Å². The van der Waals surface area contributed by atoms with Crippen molar-refractivity contribution >= 4 is 27.3 Å². The van der Waals surface area contributed by atoms with E-state index in [0.717, 1.165) is 9.61 Å². The molecule has 2 aromatic rings. The summed E-state index contributed by atoms with van der Waals surface area (Å²) in [6, 6.07) is 8.42. The lowest BCUT2D eigenvalue weighted by atomic mass is 10.1. The van der Waals surface area contributed by atoms with Crippen LogP contribution < -0.4 is 0 Å². The summed E-state index contributed by atoms with van der Waals surface area (Å²) in [6.45, 7) is 4.19. The molecule has 1 aromatic heterocycles. The Morgan fingerprint density at radius 1 is 1.29 bits per heavy atom. The van der Waals surface area contributed by atoms with Gasteiger partial charge in [-0.2, -0.15) is 0 Å². The van der Waals surface area contributed by atoms with Gasteiger partial charge < -0.3 is 0 Å². The molecule has 0 saturated heterocycles. The number of nitrogens with zero attached hydrogens (tertiary/aromatic N) is 1. The first-order chi connectivity index (χ1) is 6.66. The molecule has 0 radical (unpaired) electrons. The summed E-state index contributed by atoms with van der Waals surface area (Å²) < 4.78 is 0.950. The predicted molar refractivity (Wildman–Crippen MR) is 64.7 cm³/mol. The van der Waals surface area contributed by atoms with Crippen LogP contribution >= 0.6 is 27.3 Å². The van der Waals surface area contributed by atoms with Gasteiger partial charge in [0.2, 0.25) is 0 Å². The molecule has 0 aliphatic heterocycles. The van der Waals surface area contributed by atoms with E-state index < -0.39 is 0 Å². The van der Waals surface area contributed by atoms with Gasteiger partial charge in [0.25, 0.3) is 0 Å². The predicted octanol–water partition coefficient (Wildman–Crippen LogP) is 4.19. The maximum atomic E-state index is 4.46. The largest absolute Gasteiger partial charge is 0.229 e. The molecule has 0 aliphatic carbocycles. The van der Waals surface area contributed by atoms with Crippen molar-refractivity contribution in [3.63, 3.8) is 0 Å². The molecule has 0 N–H and O–H groups in total. The van der Waals surface area contributed by atoms with Crippen molar-refractivity contribution in [3.05, 3.63) is 38.6 Å². The number of thiazole rings is 1. The van der Waals surface area contributed by atoms with Gasteiger partial charge in [-0.25, -0.2) is 4.98 Å². The van der Waals surface area contributed by atoms with Gasteiger partial charge in [0.1, 0.15) is 0 Å². The van der Waals surface area contributed by atoms with Crippen molar-refractivity contribution in [2.45, 2.75) is 13.8 Å². The third kappa shape index (κ3) is 1.88. The van der Waals surface area contributed by atoms with Crippen LogP contribution in [0.3, 0.4) is 0 Å². The molecule has 14 heavy (non-hydrogen) atoms. The van der Waals surface area contributed by atoms with Crippen molar-refractivity contribution in [2.75, 3.05) is 0 Å². The number of aryl methyl sites for hydroxylation is 2. The average molecular weight is 268 g/mol. The Kier molecular flexibility index (Phi) is 2.70. The molecule has 72 valence electrons. The van der Waals surface area contributed by atoms with E-state index in [1.807, 2.05) is 0 Å². The summed E-state index contributed by atoms with van der Waals surface area (Å²) >= 11 is 5.08. The van der Waals surface area contributed by atoms with Crippen LogP contribution in [0.4, 0.5) is 0 Å². The van der Waals surface area contributed by atoms with Gasteiger partial charge in [-0.15, -0.1) is 11.3 Å². The summed E-state index contributed by atoms with van der Waals surface area (Å²) in [6.07, 6.45) is 0. The summed E-state index contributed by atoms with van der Waals surface area (Å²) in [7, 11) is 0. The lowest BCUT2D eigenvalue weighted by Gasteiger charge is -1.99. The van der Waals surface area contributed by atoms with Gasteiger partial charge in [-0.1, -0.05) is 23.8 Å². The Hall–Kier alpha value is -0.670. The zero-order valence-electron chi connectivity index (χ0n) is 8.04. The molecule has 0 bridgehead atoms. The molecule has 0 saturated carbocycles. The van der Waals surface area contributed by atoms with Gasteiger partial charge in [0, 0.05) is 10.4 Å². The number of hydrogen-bond donors (Lipinski definition) is 0. The van der Waals surface area contributed by atoms with Gasteiger partial charge in [0.05, 0.1) is 5.69 Å². The second kappa shape index (κ2) is 3.83. The van der Waals surface area contributed by atoms with E-state index in [1.54, 1.807) is 11.3 Å². The van der Waals surface area contributed by atoms with Crippen LogP contribution in [0.5, 0.6) is 0 Å². The third-order valence-electron chi connectivity index (χ3n) is 2.06. The molecule has 0 spiro atoms. The van der Waals surface area contributed by atoms with Gasteiger partial charge in [0.15, 0.2) is 3.92 Å². The second-order valence-electron chi connectivity index (χ2n) is 3.24. The van der Waals surface area contributed by atoms with E-state index in [1.165, 1.54) is 16.0 Å². The molecule has 0 amide bonds. The molecule has 1 heterocycles. The fourth-order valence-corrected chi connectivity index (χ4v) is 2.98. The summed E-state index contributed by atoms with van der Waals surface area (Å²) in [4.78, 5) is 5.71. The monoisotopic (exact) mass is 267 g/mol. The molecule has 0 aliphatic rings. The SMILES string of the molecule is Cc1cccc(-c2nc(Br)sc2C)c1. The van der Waals surface area contributed by atoms with Gasteiger partial charge in [-0.3, -0.25) is 0 Å². The summed E-state index contributed by atoms with van der Waals surface area (Å²) in [5, 5.41) is 0. The molecule has 2 rings (SSSR count). The van der Waals surface area contributed by atoms with Gasteiger partial charge in [-0.05, 0) is 35.8 Å². The fraction of sp³-hybridized carbons (Fsp3) is 0.182. The molecule has 0 fully saturated rings. The van der Waals surface area contributed by atoms with Crippen LogP contribution in [0, 0.1) is 13.8 Å². The maximum Gasteiger partial charge on any atom is 0.160 e. The highest BCUT2D eigenvalue weighted by Crippen LogP contribution is 2.30. The zero-order chi connectivity index (χ0) is 10.1. The molecule has 1 aromatic carbocycles. The molecule has 0 unspecified atom stereocenters. The first-order valence-corrected chi connectivity index (χ1v) is 5.98. The Bertz CT molecular complexity index is 462. The van der Waals surface area contributed by atoms with Crippen molar-refractivity contribution in [1.82, 2.24) is 4.98 Å². The van der Waals surface area contributed by atoms with E-state index in [2.05, 4.69) is 59.0 Å². The second-order valence-corrected chi connectivity index (χ2v) is 5.72. The molecule has 3 heteroatoms. The normalized spacial score (nSPS) is 10.5. The molecular formula is C11H10BrNS. The van der Waals surface area contributed by atoms with Crippen LogP contribution in [-0.4, -0.2) is 4.98 Å². The minimum atomic E-state index is 0.950. The Labute approximate surface area is 95.9 Å². The van der Waals surface area contributed by atoms with Crippen LogP contribution in [0.15, 0.2) is 28.2 Å². The maximum absolute atomic E-state index is 4.46. The van der Waals surface area contributed by atoms with Crippen molar-refractivity contribution in [3.8, 4) is 11.3 Å². The lowest BCUT2D eigenvalue weighted by molar-refractivity contribution is 1.33. The number of rotatable bonds is 1. The Balaban J connectivity index is 2.54. The first-order valence-electron chi connectivity index (χ1n) is 4.37. The number of hydrogen-bond acceptors (Lipinski definition) is 2. The van der Waals surface area contributed by atoms with E-state index in [-0.39, 0.29) is 0 Å².